The maximum atomic E-state index is 9.61. The highest BCUT2D eigenvalue weighted by molar-refractivity contribution is 5.43. The zero-order valence-electron chi connectivity index (χ0n) is 13.5. The molecule has 1 unspecified atom stereocenters. The molecule has 0 amide bonds. The number of aliphatic hydroxyl groups excluding tert-OH is 1. The second kappa shape index (κ2) is 6.67. The van der Waals surface area contributed by atoms with Gasteiger partial charge in [0, 0.05) is 12.1 Å². The standard InChI is InChI=1S/C17H27NO3/c1-12(2)21-15-8-5-13(9-16(15)20-4)10-18-17(3,11-19)14-6-7-14/h5,8-9,12,14,18-19H,6-7,10-11H2,1-4H3. The van der Waals surface area contributed by atoms with E-state index in [1.165, 1.54) is 12.8 Å². The highest BCUT2D eigenvalue weighted by atomic mass is 16.5. The summed E-state index contributed by atoms with van der Waals surface area (Å²) in [4.78, 5) is 0. The molecule has 0 bridgehead atoms. The van der Waals surface area contributed by atoms with Crippen molar-refractivity contribution in [2.75, 3.05) is 13.7 Å². The third-order valence-electron chi connectivity index (χ3n) is 4.09. The molecule has 118 valence electrons. The lowest BCUT2D eigenvalue weighted by Gasteiger charge is -2.29. The van der Waals surface area contributed by atoms with Crippen molar-refractivity contribution in [1.82, 2.24) is 5.32 Å². The van der Waals surface area contributed by atoms with Gasteiger partial charge in [0.25, 0.3) is 0 Å². The summed E-state index contributed by atoms with van der Waals surface area (Å²) < 4.78 is 11.1. The minimum atomic E-state index is -0.180. The third-order valence-corrected chi connectivity index (χ3v) is 4.09. The van der Waals surface area contributed by atoms with Gasteiger partial charge in [0.15, 0.2) is 11.5 Å². The van der Waals surface area contributed by atoms with Gasteiger partial charge >= 0.3 is 0 Å². The Bertz CT molecular complexity index is 471. The number of methoxy groups -OCH3 is 1. The Hall–Kier alpha value is -1.26. The topological polar surface area (TPSA) is 50.7 Å². The van der Waals surface area contributed by atoms with Gasteiger partial charge in [-0.3, -0.25) is 0 Å². The first-order valence-corrected chi connectivity index (χ1v) is 7.68. The molecule has 1 aromatic rings. The van der Waals surface area contributed by atoms with Gasteiger partial charge in [-0.15, -0.1) is 0 Å². The van der Waals surface area contributed by atoms with Gasteiger partial charge < -0.3 is 19.9 Å². The van der Waals surface area contributed by atoms with Crippen molar-refractivity contribution in [3.8, 4) is 11.5 Å². The van der Waals surface area contributed by atoms with Gasteiger partial charge in [0.1, 0.15) is 0 Å². The van der Waals surface area contributed by atoms with Gasteiger partial charge in [-0.1, -0.05) is 6.07 Å². The Morgan fingerprint density at radius 2 is 2.05 bits per heavy atom. The maximum absolute atomic E-state index is 9.61. The molecule has 1 aliphatic rings. The van der Waals surface area contributed by atoms with Crippen LogP contribution in [0.25, 0.3) is 0 Å². The van der Waals surface area contributed by atoms with Crippen LogP contribution in [0.2, 0.25) is 0 Å². The molecule has 4 nitrogen and oxygen atoms in total. The largest absolute Gasteiger partial charge is 0.493 e. The molecule has 1 aliphatic carbocycles. The van der Waals surface area contributed by atoms with Crippen molar-refractivity contribution in [1.29, 1.82) is 0 Å². The van der Waals surface area contributed by atoms with E-state index in [2.05, 4.69) is 12.2 Å². The number of hydrogen-bond acceptors (Lipinski definition) is 4. The molecular formula is C17H27NO3. The molecule has 1 aromatic carbocycles. The molecular weight excluding hydrogens is 266 g/mol. The first-order valence-electron chi connectivity index (χ1n) is 7.68. The van der Waals surface area contributed by atoms with Crippen LogP contribution in [0.4, 0.5) is 0 Å². The van der Waals surface area contributed by atoms with Crippen LogP contribution < -0.4 is 14.8 Å². The van der Waals surface area contributed by atoms with Crippen molar-refractivity contribution >= 4 is 0 Å². The zero-order chi connectivity index (χ0) is 15.5. The minimum absolute atomic E-state index is 0.121. The Labute approximate surface area is 127 Å². The number of rotatable bonds is 8. The highest BCUT2D eigenvalue weighted by Crippen LogP contribution is 2.39. The summed E-state index contributed by atoms with van der Waals surface area (Å²) in [5, 5.41) is 13.1. The van der Waals surface area contributed by atoms with Crippen LogP contribution >= 0.6 is 0 Å². The highest BCUT2D eigenvalue weighted by Gasteiger charge is 2.40. The first kappa shape index (κ1) is 16.1. The van der Waals surface area contributed by atoms with Gasteiger partial charge in [-0.2, -0.15) is 0 Å². The summed E-state index contributed by atoms with van der Waals surface area (Å²) in [5.74, 6) is 2.11. The minimum Gasteiger partial charge on any atom is -0.493 e. The van der Waals surface area contributed by atoms with Gasteiger partial charge in [-0.05, 0) is 57.2 Å². The van der Waals surface area contributed by atoms with Crippen LogP contribution in [0.15, 0.2) is 18.2 Å². The van der Waals surface area contributed by atoms with E-state index >= 15 is 0 Å². The fourth-order valence-corrected chi connectivity index (χ4v) is 2.53. The molecule has 0 aliphatic heterocycles. The molecule has 4 heteroatoms. The lowest BCUT2D eigenvalue weighted by atomic mass is 9.96. The molecule has 2 rings (SSSR count). The number of aliphatic hydroxyl groups is 1. The Morgan fingerprint density at radius 3 is 2.57 bits per heavy atom. The summed E-state index contributed by atoms with van der Waals surface area (Å²) >= 11 is 0. The normalized spacial score (nSPS) is 17.6. The molecule has 0 saturated heterocycles. The van der Waals surface area contributed by atoms with Crippen molar-refractivity contribution in [3.63, 3.8) is 0 Å². The summed E-state index contributed by atoms with van der Waals surface area (Å²) in [6.07, 6.45) is 2.53. The molecule has 0 aromatic heterocycles. The third kappa shape index (κ3) is 4.11. The van der Waals surface area contributed by atoms with E-state index < -0.39 is 0 Å². The number of nitrogens with one attached hydrogen (secondary N) is 1. The van der Waals surface area contributed by atoms with E-state index in [0.717, 1.165) is 17.1 Å². The lowest BCUT2D eigenvalue weighted by molar-refractivity contribution is 0.153. The Kier molecular flexibility index (Phi) is 5.12. The smallest absolute Gasteiger partial charge is 0.161 e. The molecule has 1 saturated carbocycles. The average Bonchev–Trinajstić information content (AvgIpc) is 3.30. The fraction of sp³-hybridized carbons (Fsp3) is 0.647. The van der Waals surface area contributed by atoms with Crippen LogP contribution in [-0.2, 0) is 6.54 Å². The second-order valence-electron chi connectivity index (χ2n) is 6.36. The SMILES string of the molecule is COc1cc(CNC(C)(CO)C2CC2)ccc1OC(C)C. The number of benzene rings is 1. The van der Waals surface area contributed by atoms with Crippen LogP contribution in [0, 0.1) is 5.92 Å². The monoisotopic (exact) mass is 293 g/mol. The molecule has 21 heavy (non-hydrogen) atoms. The summed E-state index contributed by atoms with van der Waals surface area (Å²) in [5.41, 5.74) is 0.948. The summed E-state index contributed by atoms with van der Waals surface area (Å²) in [6.45, 7) is 6.97. The van der Waals surface area contributed by atoms with Gasteiger partial charge in [0.2, 0.25) is 0 Å². The fourth-order valence-electron chi connectivity index (χ4n) is 2.53. The molecule has 1 fully saturated rings. The van der Waals surface area contributed by atoms with Crippen LogP contribution in [0.5, 0.6) is 11.5 Å². The van der Waals surface area contributed by atoms with Crippen molar-refractivity contribution in [2.45, 2.75) is 51.8 Å². The van der Waals surface area contributed by atoms with E-state index in [4.69, 9.17) is 9.47 Å². The van der Waals surface area contributed by atoms with Crippen molar-refractivity contribution < 1.29 is 14.6 Å². The average molecular weight is 293 g/mol. The van der Waals surface area contributed by atoms with Crippen LogP contribution in [-0.4, -0.2) is 30.5 Å². The predicted molar refractivity (Wildman–Crippen MR) is 83.8 cm³/mol. The summed E-state index contributed by atoms with van der Waals surface area (Å²) in [6, 6.07) is 5.98. The predicted octanol–water partition coefficient (Wildman–Crippen LogP) is 2.73. The molecule has 0 radical (unpaired) electrons. The van der Waals surface area contributed by atoms with Crippen LogP contribution in [0.3, 0.4) is 0 Å². The lowest BCUT2D eigenvalue weighted by Crippen LogP contribution is -2.47. The van der Waals surface area contributed by atoms with Crippen molar-refractivity contribution in [3.05, 3.63) is 23.8 Å². The molecule has 0 spiro atoms. The number of hydrogen-bond donors (Lipinski definition) is 2. The van der Waals surface area contributed by atoms with E-state index in [1.807, 2.05) is 32.0 Å². The van der Waals surface area contributed by atoms with Crippen molar-refractivity contribution in [2.24, 2.45) is 5.92 Å². The zero-order valence-corrected chi connectivity index (χ0v) is 13.5. The van der Waals surface area contributed by atoms with E-state index in [-0.39, 0.29) is 18.2 Å². The Balaban J connectivity index is 2.03. The maximum Gasteiger partial charge on any atom is 0.161 e. The quantitative estimate of drug-likeness (QED) is 0.774. The van der Waals surface area contributed by atoms with E-state index in [1.54, 1.807) is 7.11 Å². The van der Waals surface area contributed by atoms with Crippen LogP contribution in [0.1, 0.15) is 39.2 Å². The summed E-state index contributed by atoms with van der Waals surface area (Å²) in [7, 11) is 1.65. The number of ether oxygens (including phenoxy) is 2. The molecule has 2 N–H and O–H groups in total. The second-order valence-corrected chi connectivity index (χ2v) is 6.36. The van der Waals surface area contributed by atoms with E-state index in [0.29, 0.717) is 12.5 Å². The Morgan fingerprint density at radius 1 is 1.33 bits per heavy atom. The first-order chi connectivity index (χ1) is 9.98. The van der Waals surface area contributed by atoms with Gasteiger partial charge in [0.05, 0.1) is 19.8 Å². The van der Waals surface area contributed by atoms with Gasteiger partial charge in [-0.25, -0.2) is 0 Å². The molecule has 0 heterocycles. The van der Waals surface area contributed by atoms with E-state index in [9.17, 15) is 5.11 Å². The molecule has 1 atom stereocenters.